The van der Waals surface area contributed by atoms with Crippen LogP contribution in [0.5, 0.6) is 5.75 Å². The summed E-state index contributed by atoms with van der Waals surface area (Å²) in [5, 5.41) is 4.67. The number of rotatable bonds is 3. The normalized spacial score (nSPS) is 16.9. The summed E-state index contributed by atoms with van der Waals surface area (Å²) in [5.74, 6) is 0.615. The molecule has 3 aromatic rings. The maximum atomic E-state index is 12.0. The van der Waals surface area contributed by atoms with Gasteiger partial charge in [0.1, 0.15) is 5.75 Å². The Morgan fingerprint density at radius 1 is 1.48 bits per heavy atom. The molecule has 2 aromatic heterocycles. The van der Waals surface area contributed by atoms with E-state index in [1.165, 1.54) is 0 Å². The summed E-state index contributed by atoms with van der Waals surface area (Å²) in [6, 6.07) is 7.79. The van der Waals surface area contributed by atoms with Crippen LogP contribution in [-0.2, 0) is 11.3 Å². The van der Waals surface area contributed by atoms with Gasteiger partial charge in [-0.1, -0.05) is 12.1 Å². The second-order valence-corrected chi connectivity index (χ2v) is 6.27. The van der Waals surface area contributed by atoms with Gasteiger partial charge in [0.2, 0.25) is 0 Å². The minimum atomic E-state index is -0.515. The Balaban J connectivity index is 1.65. The third-order valence-electron chi connectivity index (χ3n) is 3.90. The second kappa shape index (κ2) is 5.58. The average Bonchev–Trinajstić information content (AvgIpc) is 3.15. The van der Waals surface area contributed by atoms with E-state index in [0.717, 1.165) is 22.1 Å². The molecule has 0 aliphatic carbocycles. The molecule has 4 rings (SSSR count). The molecule has 6 nitrogen and oxygen atoms in total. The van der Waals surface area contributed by atoms with Crippen LogP contribution in [0.25, 0.3) is 4.96 Å². The summed E-state index contributed by atoms with van der Waals surface area (Å²) in [6.45, 7) is 1.14. The van der Waals surface area contributed by atoms with Crippen molar-refractivity contribution in [1.82, 2.24) is 14.7 Å². The van der Waals surface area contributed by atoms with Crippen molar-refractivity contribution < 1.29 is 9.53 Å². The van der Waals surface area contributed by atoms with Crippen LogP contribution in [0, 0.1) is 0 Å². The molecule has 1 aromatic carbocycles. The van der Waals surface area contributed by atoms with Gasteiger partial charge < -0.3 is 15.0 Å². The molecule has 0 radical (unpaired) electrons. The van der Waals surface area contributed by atoms with Crippen molar-refractivity contribution in [2.24, 2.45) is 0 Å². The molecule has 0 saturated heterocycles. The van der Waals surface area contributed by atoms with Crippen LogP contribution < -0.4 is 15.0 Å². The number of nitrogens with one attached hydrogen (secondary N) is 1. The van der Waals surface area contributed by atoms with Gasteiger partial charge in [-0.25, -0.2) is 4.98 Å². The highest BCUT2D eigenvalue weighted by atomic mass is 32.1. The SMILES string of the molecule is CNC(=O)[C@@H]1CN(Cc2cn3ccsc3n2)c2ccccc2O1. The Hall–Kier alpha value is -2.54. The van der Waals surface area contributed by atoms with E-state index in [0.29, 0.717) is 13.1 Å². The zero-order valence-corrected chi connectivity index (χ0v) is 13.4. The number of hydrogen-bond acceptors (Lipinski definition) is 5. The van der Waals surface area contributed by atoms with Crippen LogP contribution in [-0.4, -0.2) is 35.0 Å². The number of para-hydroxylation sites is 2. The molecule has 3 heterocycles. The monoisotopic (exact) mass is 328 g/mol. The van der Waals surface area contributed by atoms with Crippen molar-refractivity contribution in [2.75, 3.05) is 18.5 Å². The Kier molecular flexibility index (Phi) is 3.42. The van der Waals surface area contributed by atoms with E-state index in [2.05, 4.69) is 15.2 Å². The highest BCUT2D eigenvalue weighted by molar-refractivity contribution is 7.15. The number of nitrogens with zero attached hydrogens (tertiary/aromatic N) is 3. The third kappa shape index (κ3) is 2.53. The molecule has 0 bridgehead atoms. The van der Waals surface area contributed by atoms with Gasteiger partial charge in [0, 0.05) is 24.8 Å². The fourth-order valence-electron chi connectivity index (χ4n) is 2.80. The number of carbonyl (C=O) groups excluding carboxylic acids is 1. The van der Waals surface area contributed by atoms with Gasteiger partial charge in [0.25, 0.3) is 5.91 Å². The predicted octanol–water partition coefficient (Wildman–Crippen LogP) is 1.91. The van der Waals surface area contributed by atoms with Gasteiger partial charge in [-0.2, -0.15) is 0 Å². The first-order valence-corrected chi connectivity index (χ1v) is 8.26. The fraction of sp³-hybridized carbons (Fsp3) is 0.250. The van der Waals surface area contributed by atoms with Crippen LogP contribution in [0.2, 0.25) is 0 Å². The van der Waals surface area contributed by atoms with Gasteiger partial charge in [-0.15, -0.1) is 11.3 Å². The number of aromatic nitrogens is 2. The van der Waals surface area contributed by atoms with E-state index in [-0.39, 0.29) is 5.91 Å². The fourth-order valence-corrected chi connectivity index (χ4v) is 3.52. The second-order valence-electron chi connectivity index (χ2n) is 5.39. The van der Waals surface area contributed by atoms with E-state index in [1.54, 1.807) is 18.4 Å². The van der Waals surface area contributed by atoms with Crippen LogP contribution in [0.1, 0.15) is 5.69 Å². The molecule has 7 heteroatoms. The average molecular weight is 328 g/mol. The molecule has 1 amide bonds. The number of thiazole rings is 1. The minimum absolute atomic E-state index is 0.115. The molecule has 118 valence electrons. The number of amides is 1. The largest absolute Gasteiger partial charge is 0.477 e. The molecule has 1 atom stereocenters. The van der Waals surface area contributed by atoms with Gasteiger partial charge >= 0.3 is 0 Å². The molecule has 1 aliphatic heterocycles. The zero-order chi connectivity index (χ0) is 15.8. The smallest absolute Gasteiger partial charge is 0.262 e. The number of likely N-dealkylation sites (N-methyl/N-ethyl adjacent to an activating group) is 1. The van der Waals surface area contributed by atoms with Crippen LogP contribution in [0.15, 0.2) is 42.0 Å². The van der Waals surface area contributed by atoms with Crippen molar-refractivity contribution in [1.29, 1.82) is 0 Å². The van der Waals surface area contributed by atoms with Crippen LogP contribution in [0.3, 0.4) is 0 Å². The number of hydrogen-bond donors (Lipinski definition) is 1. The lowest BCUT2D eigenvalue weighted by atomic mass is 10.1. The number of ether oxygens (including phenoxy) is 1. The number of carbonyl (C=O) groups is 1. The first-order chi connectivity index (χ1) is 11.2. The maximum Gasteiger partial charge on any atom is 0.262 e. The lowest BCUT2D eigenvalue weighted by Gasteiger charge is -2.35. The molecular formula is C16H16N4O2S. The zero-order valence-electron chi connectivity index (χ0n) is 12.6. The van der Waals surface area contributed by atoms with E-state index in [4.69, 9.17) is 4.74 Å². The van der Waals surface area contributed by atoms with Gasteiger partial charge in [-0.3, -0.25) is 9.20 Å². The molecule has 0 fully saturated rings. The van der Waals surface area contributed by atoms with Gasteiger partial charge in [-0.05, 0) is 12.1 Å². The lowest BCUT2D eigenvalue weighted by Crippen LogP contribution is -2.48. The number of imidazole rings is 1. The summed E-state index contributed by atoms with van der Waals surface area (Å²) >= 11 is 1.61. The number of benzene rings is 1. The highest BCUT2D eigenvalue weighted by Gasteiger charge is 2.30. The molecule has 0 saturated carbocycles. The maximum absolute atomic E-state index is 12.0. The van der Waals surface area contributed by atoms with Crippen molar-refractivity contribution >= 4 is 27.9 Å². The molecule has 1 N–H and O–H groups in total. The van der Waals surface area contributed by atoms with Gasteiger partial charge in [0.05, 0.1) is 24.5 Å². The summed E-state index contributed by atoms with van der Waals surface area (Å²) in [7, 11) is 1.63. The van der Waals surface area contributed by atoms with Crippen molar-refractivity contribution in [3.8, 4) is 5.75 Å². The standard InChI is InChI=1S/C16H16N4O2S/c1-17-15(21)14-10-20(12-4-2-3-5-13(12)22-14)9-11-8-19-6-7-23-16(19)18-11/h2-8,14H,9-10H2,1H3,(H,17,21)/t14-/m0/s1. The van der Waals surface area contributed by atoms with E-state index >= 15 is 0 Å². The molecule has 0 spiro atoms. The highest BCUT2D eigenvalue weighted by Crippen LogP contribution is 2.34. The van der Waals surface area contributed by atoms with E-state index < -0.39 is 6.10 Å². The molecule has 0 unspecified atom stereocenters. The lowest BCUT2D eigenvalue weighted by molar-refractivity contribution is -0.127. The molecule has 1 aliphatic rings. The Bertz CT molecular complexity index is 828. The minimum Gasteiger partial charge on any atom is -0.477 e. The molecule has 23 heavy (non-hydrogen) atoms. The number of anilines is 1. The quantitative estimate of drug-likeness (QED) is 0.798. The first kappa shape index (κ1) is 14.1. The summed E-state index contributed by atoms with van der Waals surface area (Å²) in [5.41, 5.74) is 1.97. The van der Waals surface area contributed by atoms with Crippen molar-refractivity contribution in [2.45, 2.75) is 12.6 Å². The Morgan fingerprint density at radius 2 is 2.35 bits per heavy atom. The summed E-state index contributed by atoms with van der Waals surface area (Å²) in [6.07, 6.45) is 3.51. The Morgan fingerprint density at radius 3 is 3.17 bits per heavy atom. The van der Waals surface area contributed by atoms with Crippen molar-refractivity contribution in [3.63, 3.8) is 0 Å². The number of fused-ring (bicyclic) bond motifs is 2. The van der Waals surface area contributed by atoms with Crippen LogP contribution >= 0.6 is 11.3 Å². The molecular weight excluding hydrogens is 312 g/mol. The Labute approximate surface area is 137 Å². The first-order valence-electron chi connectivity index (χ1n) is 7.38. The predicted molar refractivity (Wildman–Crippen MR) is 89.0 cm³/mol. The summed E-state index contributed by atoms with van der Waals surface area (Å²) < 4.78 is 7.84. The summed E-state index contributed by atoms with van der Waals surface area (Å²) in [4.78, 5) is 19.7. The van der Waals surface area contributed by atoms with Gasteiger partial charge in [0.15, 0.2) is 11.1 Å². The van der Waals surface area contributed by atoms with E-state index in [1.807, 2.05) is 46.4 Å². The van der Waals surface area contributed by atoms with Crippen LogP contribution in [0.4, 0.5) is 5.69 Å². The third-order valence-corrected chi connectivity index (χ3v) is 4.67. The van der Waals surface area contributed by atoms with E-state index in [9.17, 15) is 4.79 Å². The van der Waals surface area contributed by atoms with Crippen molar-refractivity contribution in [3.05, 3.63) is 47.7 Å². The topological polar surface area (TPSA) is 58.9 Å².